The second-order valence-corrected chi connectivity index (χ2v) is 4.46. The fourth-order valence-corrected chi connectivity index (χ4v) is 1.55. The molecule has 1 amide bonds. The van der Waals surface area contributed by atoms with Crippen LogP contribution < -0.4 is 10.6 Å². The summed E-state index contributed by atoms with van der Waals surface area (Å²) in [7, 11) is 1.60. The third kappa shape index (κ3) is 3.94. The summed E-state index contributed by atoms with van der Waals surface area (Å²) in [6, 6.07) is 4.40. The lowest BCUT2D eigenvalue weighted by molar-refractivity contribution is -0.384. The predicted octanol–water partition coefficient (Wildman–Crippen LogP) is 2.41. The van der Waals surface area contributed by atoms with Crippen molar-refractivity contribution in [2.24, 2.45) is 5.92 Å². The van der Waals surface area contributed by atoms with E-state index in [1.54, 1.807) is 13.1 Å². The van der Waals surface area contributed by atoms with E-state index < -0.39 is 4.92 Å². The highest BCUT2D eigenvalue weighted by atomic mass is 16.6. The minimum atomic E-state index is -0.503. The van der Waals surface area contributed by atoms with Gasteiger partial charge in [0.25, 0.3) is 11.6 Å². The lowest BCUT2D eigenvalue weighted by atomic mass is 10.1. The van der Waals surface area contributed by atoms with Crippen LogP contribution in [0.15, 0.2) is 18.2 Å². The maximum absolute atomic E-state index is 11.9. The summed E-state index contributed by atoms with van der Waals surface area (Å²) in [5, 5.41) is 16.4. The number of hydrogen-bond donors (Lipinski definition) is 2. The zero-order valence-corrected chi connectivity index (χ0v) is 11.4. The fraction of sp³-hybridized carbons (Fsp3) is 0.462. The number of rotatable bonds is 6. The van der Waals surface area contributed by atoms with Crippen molar-refractivity contribution in [1.29, 1.82) is 0 Å². The first-order valence-corrected chi connectivity index (χ1v) is 6.24. The number of nitrogens with zero attached hydrogens (tertiary/aromatic N) is 1. The average Bonchev–Trinajstić information content (AvgIpc) is 2.43. The van der Waals surface area contributed by atoms with Crippen LogP contribution in [0.3, 0.4) is 0 Å². The van der Waals surface area contributed by atoms with Gasteiger partial charge in [0.1, 0.15) is 5.69 Å². The first-order valence-electron chi connectivity index (χ1n) is 6.24. The van der Waals surface area contributed by atoms with Gasteiger partial charge < -0.3 is 10.6 Å². The standard InChI is InChI=1S/C13H19N3O3/c1-4-9(2)8-15-13(17)10-5-6-11(14-3)12(7-10)16(18)19/h5-7,9,14H,4,8H2,1-3H3,(H,15,17). The third-order valence-electron chi connectivity index (χ3n) is 3.03. The van der Waals surface area contributed by atoms with Crippen LogP contribution in [0.4, 0.5) is 11.4 Å². The topological polar surface area (TPSA) is 84.3 Å². The van der Waals surface area contributed by atoms with Crippen LogP contribution in [0.5, 0.6) is 0 Å². The number of carbonyl (C=O) groups is 1. The van der Waals surface area contributed by atoms with Gasteiger partial charge in [-0.05, 0) is 18.1 Å². The van der Waals surface area contributed by atoms with Crippen molar-refractivity contribution < 1.29 is 9.72 Å². The molecular weight excluding hydrogens is 246 g/mol. The van der Waals surface area contributed by atoms with Gasteiger partial charge in [-0.3, -0.25) is 14.9 Å². The van der Waals surface area contributed by atoms with E-state index in [4.69, 9.17) is 0 Å². The number of amides is 1. The maximum Gasteiger partial charge on any atom is 0.293 e. The van der Waals surface area contributed by atoms with E-state index in [2.05, 4.69) is 10.6 Å². The van der Waals surface area contributed by atoms with E-state index in [9.17, 15) is 14.9 Å². The summed E-state index contributed by atoms with van der Waals surface area (Å²) in [6.45, 7) is 4.65. The first-order chi connectivity index (χ1) is 8.99. The molecule has 0 bridgehead atoms. The predicted molar refractivity (Wildman–Crippen MR) is 74.4 cm³/mol. The summed E-state index contributed by atoms with van der Waals surface area (Å²) >= 11 is 0. The van der Waals surface area contributed by atoms with Crippen LogP contribution in [-0.2, 0) is 0 Å². The van der Waals surface area contributed by atoms with Crippen LogP contribution in [0, 0.1) is 16.0 Å². The van der Waals surface area contributed by atoms with E-state index in [1.165, 1.54) is 12.1 Å². The van der Waals surface area contributed by atoms with Gasteiger partial charge in [-0.1, -0.05) is 20.3 Å². The molecule has 0 aliphatic heterocycles. The molecule has 0 spiro atoms. The Kier molecular flexibility index (Phi) is 5.29. The molecule has 0 fully saturated rings. The first kappa shape index (κ1) is 14.9. The average molecular weight is 265 g/mol. The highest BCUT2D eigenvalue weighted by Gasteiger charge is 2.16. The second kappa shape index (κ2) is 6.72. The Morgan fingerprint density at radius 3 is 2.68 bits per heavy atom. The van der Waals surface area contributed by atoms with Crippen molar-refractivity contribution in [3.05, 3.63) is 33.9 Å². The molecule has 0 saturated carbocycles. The summed E-state index contributed by atoms with van der Waals surface area (Å²) in [5.41, 5.74) is 0.594. The molecule has 1 aromatic carbocycles. The van der Waals surface area contributed by atoms with Gasteiger partial charge in [0.05, 0.1) is 4.92 Å². The van der Waals surface area contributed by atoms with E-state index >= 15 is 0 Å². The lowest BCUT2D eigenvalue weighted by Crippen LogP contribution is -2.28. The molecule has 2 N–H and O–H groups in total. The number of anilines is 1. The largest absolute Gasteiger partial charge is 0.383 e. The molecule has 0 aromatic heterocycles. The third-order valence-corrected chi connectivity index (χ3v) is 3.03. The molecule has 19 heavy (non-hydrogen) atoms. The normalized spacial score (nSPS) is 11.7. The molecule has 1 atom stereocenters. The monoisotopic (exact) mass is 265 g/mol. The minimum absolute atomic E-state index is 0.0984. The van der Waals surface area contributed by atoms with Gasteiger partial charge in [0.2, 0.25) is 0 Å². The van der Waals surface area contributed by atoms with Crippen LogP contribution in [-0.4, -0.2) is 24.4 Å². The van der Waals surface area contributed by atoms with Crippen LogP contribution in [0.1, 0.15) is 30.6 Å². The highest BCUT2D eigenvalue weighted by molar-refractivity contribution is 5.95. The molecular formula is C13H19N3O3. The van der Waals surface area contributed by atoms with Crippen molar-refractivity contribution in [3.63, 3.8) is 0 Å². The molecule has 0 saturated heterocycles. The second-order valence-electron chi connectivity index (χ2n) is 4.46. The molecule has 0 aliphatic rings. The molecule has 1 rings (SSSR count). The number of carbonyl (C=O) groups excluding carboxylic acids is 1. The summed E-state index contributed by atoms with van der Waals surface area (Å²) in [6.07, 6.45) is 0.971. The lowest BCUT2D eigenvalue weighted by Gasteiger charge is -2.10. The van der Waals surface area contributed by atoms with Gasteiger partial charge in [0.15, 0.2) is 0 Å². The summed E-state index contributed by atoms with van der Waals surface area (Å²) in [5.74, 6) is 0.0987. The summed E-state index contributed by atoms with van der Waals surface area (Å²) < 4.78 is 0. The molecule has 1 aromatic rings. The molecule has 104 valence electrons. The SMILES string of the molecule is CCC(C)CNC(=O)c1ccc(NC)c([N+](=O)[O-])c1. The molecule has 1 unspecified atom stereocenters. The van der Waals surface area contributed by atoms with Crippen LogP contribution in [0.2, 0.25) is 0 Å². The molecule has 6 nitrogen and oxygen atoms in total. The van der Waals surface area contributed by atoms with E-state index in [1.807, 2.05) is 13.8 Å². The Morgan fingerprint density at radius 1 is 1.47 bits per heavy atom. The van der Waals surface area contributed by atoms with Crippen molar-refractivity contribution in [1.82, 2.24) is 5.32 Å². The minimum Gasteiger partial charge on any atom is -0.383 e. The van der Waals surface area contributed by atoms with Crippen molar-refractivity contribution in [2.45, 2.75) is 20.3 Å². The maximum atomic E-state index is 11.9. The van der Waals surface area contributed by atoms with Crippen molar-refractivity contribution in [2.75, 3.05) is 18.9 Å². The van der Waals surface area contributed by atoms with Gasteiger partial charge in [-0.15, -0.1) is 0 Å². The zero-order chi connectivity index (χ0) is 14.4. The molecule has 6 heteroatoms. The number of benzene rings is 1. The van der Waals surface area contributed by atoms with Crippen LogP contribution >= 0.6 is 0 Å². The highest BCUT2D eigenvalue weighted by Crippen LogP contribution is 2.24. The van der Waals surface area contributed by atoms with Gasteiger partial charge >= 0.3 is 0 Å². The number of nitrogens with one attached hydrogen (secondary N) is 2. The van der Waals surface area contributed by atoms with Crippen LogP contribution in [0.25, 0.3) is 0 Å². The molecule has 0 heterocycles. The van der Waals surface area contributed by atoms with Crippen molar-refractivity contribution in [3.8, 4) is 0 Å². The fourth-order valence-electron chi connectivity index (χ4n) is 1.55. The van der Waals surface area contributed by atoms with Gasteiger partial charge in [0, 0.05) is 25.2 Å². The number of nitro benzene ring substituents is 1. The Hall–Kier alpha value is -2.11. The van der Waals surface area contributed by atoms with E-state index in [0.717, 1.165) is 6.42 Å². The van der Waals surface area contributed by atoms with E-state index in [0.29, 0.717) is 23.7 Å². The zero-order valence-electron chi connectivity index (χ0n) is 11.4. The Morgan fingerprint density at radius 2 is 2.16 bits per heavy atom. The Balaban J connectivity index is 2.86. The Labute approximate surface area is 112 Å². The number of nitro groups is 1. The number of hydrogen-bond acceptors (Lipinski definition) is 4. The molecule has 0 radical (unpaired) electrons. The smallest absolute Gasteiger partial charge is 0.293 e. The van der Waals surface area contributed by atoms with Gasteiger partial charge in [-0.2, -0.15) is 0 Å². The van der Waals surface area contributed by atoms with Crippen molar-refractivity contribution >= 4 is 17.3 Å². The van der Waals surface area contributed by atoms with E-state index in [-0.39, 0.29) is 11.6 Å². The molecule has 0 aliphatic carbocycles. The summed E-state index contributed by atoms with van der Waals surface area (Å²) in [4.78, 5) is 22.3. The Bertz CT molecular complexity index is 474. The van der Waals surface area contributed by atoms with Gasteiger partial charge in [-0.25, -0.2) is 0 Å². The quantitative estimate of drug-likeness (QED) is 0.611.